The van der Waals surface area contributed by atoms with Crippen LogP contribution in [0.1, 0.15) is 26.7 Å². The molecule has 1 saturated carbocycles. The highest BCUT2D eigenvalue weighted by Gasteiger charge is 2.44. The highest BCUT2D eigenvalue weighted by molar-refractivity contribution is 5.62. The third-order valence-corrected chi connectivity index (χ3v) is 4.07. The van der Waals surface area contributed by atoms with Crippen molar-refractivity contribution in [2.75, 3.05) is 24.7 Å². The number of nitrogens with one attached hydrogen (secondary N) is 1. The zero-order chi connectivity index (χ0) is 13.3. The van der Waals surface area contributed by atoms with E-state index in [-0.39, 0.29) is 5.82 Å². The van der Waals surface area contributed by atoms with Crippen LogP contribution in [0.25, 0.3) is 0 Å². The van der Waals surface area contributed by atoms with Crippen molar-refractivity contribution < 1.29 is 9.13 Å². The van der Waals surface area contributed by atoms with Gasteiger partial charge < -0.3 is 15.8 Å². The van der Waals surface area contributed by atoms with Crippen molar-refractivity contribution >= 4 is 11.4 Å². The molecule has 0 unspecified atom stereocenters. The van der Waals surface area contributed by atoms with E-state index in [4.69, 9.17) is 10.5 Å². The molecule has 0 radical (unpaired) electrons. The maximum Gasteiger partial charge on any atom is 0.148 e. The average molecular weight is 252 g/mol. The molecule has 0 saturated heterocycles. The standard InChI is InChI=1S/C14H21FN2O/c1-9(2)14(4-5-14)8-17-12-7-13(18-3)11(16)6-10(12)15/h6-7,9,17H,4-5,8,16H2,1-3H3. The quantitative estimate of drug-likeness (QED) is 0.791. The molecule has 2 rings (SSSR count). The first-order valence-electron chi connectivity index (χ1n) is 6.35. The van der Waals surface area contributed by atoms with Gasteiger partial charge in [0.15, 0.2) is 0 Å². The number of anilines is 2. The van der Waals surface area contributed by atoms with Gasteiger partial charge in [-0.3, -0.25) is 0 Å². The highest BCUT2D eigenvalue weighted by Crippen LogP contribution is 2.51. The van der Waals surface area contributed by atoms with Crippen molar-refractivity contribution in [1.82, 2.24) is 0 Å². The molecular formula is C14H21FN2O. The first kappa shape index (κ1) is 13.0. The summed E-state index contributed by atoms with van der Waals surface area (Å²) in [4.78, 5) is 0. The van der Waals surface area contributed by atoms with Gasteiger partial charge in [0.25, 0.3) is 0 Å². The topological polar surface area (TPSA) is 47.3 Å². The van der Waals surface area contributed by atoms with E-state index in [1.165, 1.54) is 26.0 Å². The van der Waals surface area contributed by atoms with Crippen molar-refractivity contribution in [3.8, 4) is 5.75 Å². The molecule has 0 aromatic heterocycles. The van der Waals surface area contributed by atoms with E-state index in [9.17, 15) is 4.39 Å². The van der Waals surface area contributed by atoms with Gasteiger partial charge >= 0.3 is 0 Å². The summed E-state index contributed by atoms with van der Waals surface area (Å²) < 4.78 is 18.9. The number of halogens is 1. The molecule has 0 bridgehead atoms. The molecular weight excluding hydrogens is 231 g/mol. The summed E-state index contributed by atoms with van der Waals surface area (Å²) in [6, 6.07) is 2.93. The third kappa shape index (κ3) is 2.37. The van der Waals surface area contributed by atoms with Crippen LogP contribution in [0.2, 0.25) is 0 Å². The Hall–Kier alpha value is -1.45. The predicted molar refractivity (Wildman–Crippen MR) is 72.4 cm³/mol. The molecule has 0 spiro atoms. The summed E-state index contributed by atoms with van der Waals surface area (Å²) in [5.74, 6) is 0.796. The molecule has 0 amide bonds. The van der Waals surface area contributed by atoms with Crippen LogP contribution in [-0.4, -0.2) is 13.7 Å². The molecule has 0 aliphatic heterocycles. The Morgan fingerprint density at radius 3 is 2.61 bits per heavy atom. The molecule has 1 aromatic rings. The van der Waals surface area contributed by atoms with E-state index in [1.54, 1.807) is 6.07 Å². The van der Waals surface area contributed by atoms with Gasteiger partial charge in [-0.2, -0.15) is 0 Å². The van der Waals surface area contributed by atoms with Crippen molar-refractivity contribution in [3.63, 3.8) is 0 Å². The number of rotatable bonds is 5. The van der Waals surface area contributed by atoms with Crippen LogP contribution in [0.3, 0.4) is 0 Å². The van der Waals surface area contributed by atoms with Crippen LogP contribution in [0.4, 0.5) is 15.8 Å². The van der Waals surface area contributed by atoms with E-state index >= 15 is 0 Å². The van der Waals surface area contributed by atoms with Gasteiger partial charge in [-0.25, -0.2) is 4.39 Å². The predicted octanol–water partition coefficient (Wildman–Crippen LogP) is 3.26. The Kier molecular flexibility index (Phi) is 3.37. The smallest absolute Gasteiger partial charge is 0.148 e. The highest BCUT2D eigenvalue weighted by atomic mass is 19.1. The molecule has 1 aromatic carbocycles. The number of hydrogen-bond donors (Lipinski definition) is 2. The van der Waals surface area contributed by atoms with E-state index in [2.05, 4.69) is 19.2 Å². The zero-order valence-corrected chi connectivity index (χ0v) is 11.2. The lowest BCUT2D eigenvalue weighted by Gasteiger charge is -2.21. The number of methoxy groups -OCH3 is 1. The summed E-state index contributed by atoms with van der Waals surface area (Å²) >= 11 is 0. The Labute approximate surface area is 108 Å². The van der Waals surface area contributed by atoms with Crippen molar-refractivity contribution in [3.05, 3.63) is 17.9 Å². The summed E-state index contributed by atoms with van der Waals surface area (Å²) in [5, 5.41) is 3.19. The van der Waals surface area contributed by atoms with Gasteiger partial charge in [-0.15, -0.1) is 0 Å². The van der Waals surface area contributed by atoms with E-state index in [0.29, 0.717) is 28.5 Å². The van der Waals surface area contributed by atoms with Crippen molar-refractivity contribution in [2.45, 2.75) is 26.7 Å². The monoisotopic (exact) mass is 252 g/mol. The molecule has 1 fully saturated rings. The lowest BCUT2D eigenvalue weighted by atomic mass is 9.92. The fourth-order valence-electron chi connectivity index (χ4n) is 2.27. The normalized spacial score (nSPS) is 16.7. The second-order valence-corrected chi connectivity index (χ2v) is 5.44. The second-order valence-electron chi connectivity index (χ2n) is 5.44. The van der Waals surface area contributed by atoms with Gasteiger partial charge in [0, 0.05) is 18.7 Å². The second kappa shape index (κ2) is 4.67. The molecule has 4 heteroatoms. The average Bonchev–Trinajstić information content (AvgIpc) is 3.09. The van der Waals surface area contributed by atoms with Crippen molar-refractivity contribution in [1.29, 1.82) is 0 Å². The number of benzene rings is 1. The Morgan fingerprint density at radius 2 is 2.11 bits per heavy atom. The number of ether oxygens (including phenoxy) is 1. The Morgan fingerprint density at radius 1 is 1.44 bits per heavy atom. The van der Waals surface area contributed by atoms with E-state index < -0.39 is 0 Å². The first-order valence-corrected chi connectivity index (χ1v) is 6.35. The zero-order valence-electron chi connectivity index (χ0n) is 11.2. The van der Waals surface area contributed by atoms with Gasteiger partial charge in [0.05, 0.1) is 18.5 Å². The van der Waals surface area contributed by atoms with Crippen LogP contribution in [0.15, 0.2) is 12.1 Å². The summed E-state index contributed by atoms with van der Waals surface area (Å²) in [6.07, 6.45) is 2.43. The Bertz CT molecular complexity index is 442. The van der Waals surface area contributed by atoms with Gasteiger partial charge in [0.1, 0.15) is 11.6 Å². The van der Waals surface area contributed by atoms with Crippen molar-refractivity contribution in [2.24, 2.45) is 11.3 Å². The SMILES string of the molecule is COc1cc(NCC2(C(C)C)CC2)c(F)cc1N. The lowest BCUT2D eigenvalue weighted by molar-refractivity contribution is 0.379. The maximum atomic E-state index is 13.8. The van der Waals surface area contributed by atoms with Crippen LogP contribution in [0.5, 0.6) is 5.75 Å². The summed E-state index contributed by atoms with van der Waals surface area (Å²) in [6.45, 7) is 5.23. The fourth-order valence-corrected chi connectivity index (χ4v) is 2.27. The van der Waals surface area contributed by atoms with Crippen LogP contribution in [0, 0.1) is 17.2 Å². The van der Waals surface area contributed by atoms with Crippen LogP contribution in [-0.2, 0) is 0 Å². The molecule has 0 heterocycles. The molecule has 0 atom stereocenters. The molecule has 1 aliphatic rings. The number of hydrogen-bond acceptors (Lipinski definition) is 3. The number of nitrogen functional groups attached to an aromatic ring is 1. The van der Waals surface area contributed by atoms with E-state index in [1.807, 2.05) is 0 Å². The number of nitrogens with two attached hydrogens (primary N) is 1. The summed E-state index contributed by atoms with van der Waals surface area (Å²) in [7, 11) is 1.53. The minimum absolute atomic E-state index is 0.325. The molecule has 3 N–H and O–H groups in total. The van der Waals surface area contributed by atoms with E-state index in [0.717, 1.165) is 6.54 Å². The van der Waals surface area contributed by atoms with Crippen LogP contribution < -0.4 is 15.8 Å². The minimum Gasteiger partial charge on any atom is -0.495 e. The molecule has 3 nitrogen and oxygen atoms in total. The largest absolute Gasteiger partial charge is 0.495 e. The Balaban J connectivity index is 2.10. The van der Waals surface area contributed by atoms with Gasteiger partial charge in [0.2, 0.25) is 0 Å². The van der Waals surface area contributed by atoms with Gasteiger partial charge in [-0.05, 0) is 24.2 Å². The molecule has 100 valence electrons. The first-order chi connectivity index (χ1) is 8.48. The maximum absolute atomic E-state index is 13.8. The van der Waals surface area contributed by atoms with Crippen LogP contribution >= 0.6 is 0 Å². The lowest BCUT2D eigenvalue weighted by Crippen LogP contribution is -2.21. The fraction of sp³-hybridized carbons (Fsp3) is 0.571. The molecule has 18 heavy (non-hydrogen) atoms. The van der Waals surface area contributed by atoms with Gasteiger partial charge in [-0.1, -0.05) is 13.8 Å². The third-order valence-electron chi connectivity index (χ3n) is 4.07. The summed E-state index contributed by atoms with van der Waals surface area (Å²) in [5.41, 5.74) is 6.78. The molecule has 1 aliphatic carbocycles. The minimum atomic E-state index is -0.326.